The highest BCUT2D eigenvalue weighted by atomic mass is 32.2. The van der Waals surface area contributed by atoms with E-state index in [1.165, 1.54) is 25.3 Å². The number of sulfonamides is 1. The topological polar surface area (TPSA) is 101 Å². The molecular weight excluding hydrogens is 385 g/mol. The number of rotatable bonds is 5. The molecule has 0 fully saturated rings. The van der Waals surface area contributed by atoms with Gasteiger partial charge in [0, 0.05) is 18.0 Å². The van der Waals surface area contributed by atoms with Crippen molar-refractivity contribution in [2.75, 3.05) is 18.0 Å². The summed E-state index contributed by atoms with van der Waals surface area (Å²) in [5.41, 5.74) is -0.0146. The second-order valence-corrected chi connectivity index (χ2v) is 8.53. The number of allylic oxidation sites excluding steroid dienone is 4. The van der Waals surface area contributed by atoms with Gasteiger partial charge in [-0.1, -0.05) is 18.7 Å². The second-order valence-electron chi connectivity index (χ2n) is 6.79. The van der Waals surface area contributed by atoms with E-state index < -0.39 is 15.4 Å². The average Bonchev–Trinajstić information content (AvgIpc) is 3.00. The van der Waals surface area contributed by atoms with Crippen LogP contribution in [0.2, 0.25) is 0 Å². The minimum absolute atomic E-state index is 0.0454. The van der Waals surface area contributed by atoms with Gasteiger partial charge in [0.1, 0.15) is 11.6 Å². The fraction of sp³-hybridized carbons (Fsp3) is 0.263. The summed E-state index contributed by atoms with van der Waals surface area (Å²) in [5.74, 6) is -0.384. The molecule has 7 nitrogen and oxygen atoms in total. The Labute approximate surface area is 162 Å². The van der Waals surface area contributed by atoms with Crippen molar-refractivity contribution in [3.8, 4) is 0 Å². The van der Waals surface area contributed by atoms with Gasteiger partial charge in [0.25, 0.3) is 5.91 Å². The number of nitrogens with one attached hydrogen (secondary N) is 2. The summed E-state index contributed by atoms with van der Waals surface area (Å²) in [7, 11) is -2.09. The first-order chi connectivity index (χ1) is 13.1. The van der Waals surface area contributed by atoms with Gasteiger partial charge in [-0.05, 0) is 31.6 Å². The predicted molar refractivity (Wildman–Crippen MR) is 106 cm³/mol. The number of halogens is 1. The largest absolute Gasteiger partial charge is 0.441 e. The van der Waals surface area contributed by atoms with Crippen molar-refractivity contribution in [1.29, 1.82) is 0 Å². The molecule has 1 amide bonds. The molecule has 0 bridgehead atoms. The van der Waals surface area contributed by atoms with Crippen molar-refractivity contribution in [3.05, 3.63) is 53.6 Å². The SMILES string of the molecule is C=Cc1cc2c(C(=O)NC)c(C3(C)C=CC(F)=CC3)oc2nc1NS(C)(=O)=O. The van der Waals surface area contributed by atoms with E-state index in [-0.39, 0.29) is 28.8 Å². The normalized spacial score (nSPS) is 19.4. The number of carbonyl (C=O) groups excluding carboxylic acids is 1. The summed E-state index contributed by atoms with van der Waals surface area (Å²) >= 11 is 0. The molecule has 0 aliphatic heterocycles. The third kappa shape index (κ3) is 3.57. The van der Waals surface area contributed by atoms with Gasteiger partial charge < -0.3 is 9.73 Å². The van der Waals surface area contributed by atoms with Crippen LogP contribution >= 0.6 is 0 Å². The summed E-state index contributed by atoms with van der Waals surface area (Å²) < 4.78 is 44.9. The van der Waals surface area contributed by atoms with Gasteiger partial charge in [-0.25, -0.2) is 12.8 Å². The summed E-state index contributed by atoms with van der Waals surface area (Å²) in [6, 6.07) is 1.59. The number of hydrogen-bond acceptors (Lipinski definition) is 5. The highest BCUT2D eigenvalue weighted by Gasteiger charge is 2.35. The molecule has 148 valence electrons. The molecule has 2 aromatic heterocycles. The maximum atomic E-state index is 13.5. The van der Waals surface area contributed by atoms with Crippen LogP contribution in [0.15, 0.2) is 41.1 Å². The van der Waals surface area contributed by atoms with Crippen molar-refractivity contribution in [3.63, 3.8) is 0 Å². The molecule has 3 rings (SSSR count). The van der Waals surface area contributed by atoms with Crippen LogP contribution in [0.25, 0.3) is 17.2 Å². The van der Waals surface area contributed by atoms with Crippen LogP contribution in [0.3, 0.4) is 0 Å². The van der Waals surface area contributed by atoms with E-state index in [1.807, 2.05) is 6.92 Å². The van der Waals surface area contributed by atoms with Gasteiger partial charge >= 0.3 is 0 Å². The Morgan fingerprint density at radius 3 is 2.71 bits per heavy atom. The standard InChI is InChI=1S/C19H20FN3O4S/c1-5-11-10-13-14(17(24)21-3)15(19(2)8-6-12(20)7-9-19)27-18(13)22-16(11)23-28(4,25)26/h5-8,10H,1,9H2,2-4H3,(H,21,24)(H,22,23). The molecule has 2 N–H and O–H groups in total. The number of hydrogen-bond donors (Lipinski definition) is 2. The number of aromatic nitrogens is 1. The monoisotopic (exact) mass is 405 g/mol. The number of carbonyl (C=O) groups is 1. The molecule has 0 saturated heterocycles. The van der Waals surface area contributed by atoms with Gasteiger partial charge in [-0.3, -0.25) is 9.52 Å². The smallest absolute Gasteiger partial charge is 0.255 e. The summed E-state index contributed by atoms with van der Waals surface area (Å²) in [6.45, 7) is 5.50. The minimum atomic E-state index is -3.58. The van der Waals surface area contributed by atoms with Crippen LogP contribution in [0, 0.1) is 0 Å². The van der Waals surface area contributed by atoms with E-state index in [0.29, 0.717) is 23.1 Å². The molecule has 1 atom stereocenters. The lowest BCUT2D eigenvalue weighted by Crippen LogP contribution is -2.26. The van der Waals surface area contributed by atoms with Gasteiger partial charge in [-0.15, -0.1) is 0 Å². The van der Waals surface area contributed by atoms with E-state index >= 15 is 0 Å². The van der Waals surface area contributed by atoms with Crippen molar-refractivity contribution in [2.45, 2.75) is 18.8 Å². The Morgan fingerprint density at radius 2 is 2.18 bits per heavy atom. The number of nitrogens with zero attached hydrogens (tertiary/aromatic N) is 1. The predicted octanol–water partition coefficient (Wildman–Crippen LogP) is 3.27. The molecule has 1 aliphatic rings. The van der Waals surface area contributed by atoms with E-state index in [0.717, 1.165) is 6.26 Å². The van der Waals surface area contributed by atoms with Crippen molar-refractivity contribution in [1.82, 2.24) is 10.3 Å². The number of anilines is 1. The summed E-state index contributed by atoms with van der Waals surface area (Å²) in [6.07, 6.45) is 7.10. The molecule has 2 heterocycles. The van der Waals surface area contributed by atoms with Crippen molar-refractivity contribution >= 4 is 38.9 Å². The van der Waals surface area contributed by atoms with E-state index in [4.69, 9.17) is 4.42 Å². The molecule has 0 aromatic carbocycles. The molecule has 0 radical (unpaired) electrons. The Morgan fingerprint density at radius 1 is 1.46 bits per heavy atom. The van der Waals surface area contributed by atoms with Gasteiger partial charge in [-0.2, -0.15) is 4.98 Å². The number of pyridine rings is 1. The Hall–Kier alpha value is -2.94. The van der Waals surface area contributed by atoms with E-state index in [9.17, 15) is 17.6 Å². The average molecular weight is 405 g/mol. The third-order valence-corrected chi connectivity index (χ3v) is 5.08. The van der Waals surface area contributed by atoms with Gasteiger partial charge in [0.05, 0.1) is 17.2 Å². The molecule has 1 unspecified atom stereocenters. The highest BCUT2D eigenvalue weighted by Crippen LogP contribution is 2.41. The zero-order chi connectivity index (χ0) is 20.7. The molecule has 28 heavy (non-hydrogen) atoms. The van der Waals surface area contributed by atoms with Crippen LogP contribution in [0.5, 0.6) is 0 Å². The summed E-state index contributed by atoms with van der Waals surface area (Å²) in [5, 5.41) is 2.99. The first-order valence-electron chi connectivity index (χ1n) is 8.43. The molecule has 1 aliphatic carbocycles. The van der Waals surface area contributed by atoms with Crippen LogP contribution < -0.4 is 10.0 Å². The third-order valence-electron chi connectivity index (χ3n) is 4.52. The first kappa shape index (κ1) is 19.8. The van der Waals surface area contributed by atoms with Gasteiger partial charge in [0.2, 0.25) is 15.7 Å². The minimum Gasteiger partial charge on any atom is -0.441 e. The first-order valence-corrected chi connectivity index (χ1v) is 10.3. The Balaban J connectivity index is 2.29. The highest BCUT2D eigenvalue weighted by molar-refractivity contribution is 7.92. The van der Waals surface area contributed by atoms with Crippen LogP contribution in [-0.4, -0.2) is 32.6 Å². The zero-order valence-electron chi connectivity index (χ0n) is 15.7. The zero-order valence-corrected chi connectivity index (χ0v) is 16.5. The molecule has 9 heteroatoms. The van der Waals surface area contributed by atoms with E-state index in [2.05, 4.69) is 21.6 Å². The quantitative estimate of drug-likeness (QED) is 0.795. The Bertz CT molecular complexity index is 1150. The van der Waals surface area contributed by atoms with Crippen LogP contribution in [0.4, 0.5) is 10.2 Å². The second kappa shape index (κ2) is 6.90. The van der Waals surface area contributed by atoms with Crippen molar-refractivity contribution < 1.29 is 22.0 Å². The Kier molecular flexibility index (Phi) is 4.88. The molecular formula is C19H20FN3O4S. The van der Waals surface area contributed by atoms with Crippen LogP contribution in [0.1, 0.15) is 35.0 Å². The fourth-order valence-corrected chi connectivity index (χ4v) is 3.60. The van der Waals surface area contributed by atoms with E-state index in [1.54, 1.807) is 12.1 Å². The lowest BCUT2D eigenvalue weighted by molar-refractivity contribution is 0.0961. The molecule has 0 spiro atoms. The number of furan rings is 1. The molecule has 0 saturated carbocycles. The lowest BCUT2D eigenvalue weighted by Gasteiger charge is -2.25. The summed E-state index contributed by atoms with van der Waals surface area (Å²) in [4.78, 5) is 16.9. The lowest BCUT2D eigenvalue weighted by atomic mass is 9.79. The maximum absolute atomic E-state index is 13.5. The number of fused-ring (bicyclic) bond motifs is 1. The molecule has 2 aromatic rings. The number of amides is 1. The van der Waals surface area contributed by atoms with Crippen LogP contribution in [-0.2, 0) is 15.4 Å². The van der Waals surface area contributed by atoms with Crippen molar-refractivity contribution in [2.24, 2.45) is 0 Å². The maximum Gasteiger partial charge on any atom is 0.255 e. The van der Waals surface area contributed by atoms with Gasteiger partial charge in [0.15, 0.2) is 5.82 Å². The fourth-order valence-electron chi connectivity index (χ4n) is 3.08.